The summed E-state index contributed by atoms with van der Waals surface area (Å²) in [6.07, 6.45) is 0.252. The molecule has 5 rings (SSSR count). The Morgan fingerprint density at radius 2 is 1.83 bits per heavy atom. The van der Waals surface area contributed by atoms with Gasteiger partial charge >= 0.3 is 5.97 Å². The Morgan fingerprint density at radius 3 is 2.57 bits per heavy atom. The van der Waals surface area contributed by atoms with Crippen molar-refractivity contribution in [2.45, 2.75) is 32.0 Å². The number of amides is 3. The van der Waals surface area contributed by atoms with Crippen molar-refractivity contribution in [1.29, 1.82) is 0 Å². The van der Waals surface area contributed by atoms with Gasteiger partial charge in [0.15, 0.2) is 5.13 Å². The molecule has 178 valence electrons. The minimum Gasteiger partial charge on any atom is -0.456 e. The minimum atomic E-state index is -1.54. The Bertz CT molecular complexity index is 1340. The van der Waals surface area contributed by atoms with Crippen LogP contribution in [0.3, 0.4) is 0 Å². The second kappa shape index (κ2) is 8.62. The van der Waals surface area contributed by atoms with Crippen LogP contribution in [0.4, 0.5) is 16.5 Å². The summed E-state index contributed by atoms with van der Waals surface area (Å²) in [5.74, 6) is -1.49. The highest BCUT2D eigenvalue weighted by atomic mass is 32.1. The van der Waals surface area contributed by atoms with Crippen molar-refractivity contribution in [3.8, 4) is 0 Å². The number of nitrogens with zero attached hydrogens (tertiary/aromatic N) is 4. The number of carbonyl (C=O) groups excluding carboxylic acids is 4. The van der Waals surface area contributed by atoms with E-state index < -0.39 is 11.6 Å². The first-order valence-electron chi connectivity index (χ1n) is 11.0. The van der Waals surface area contributed by atoms with Crippen molar-refractivity contribution in [2.24, 2.45) is 0 Å². The van der Waals surface area contributed by atoms with E-state index in [1.807, 2.05) is 18.2 Å². The molecule has 1 aromatic heterocycles. The fourth-order valence-electron chi connectivity index (χ4n) is 4.62. The molecule has 0 aliphatic carbocycles. The molecule has 2 aliphatic rings. The van der Waals surface area contributed by atoms with Crippen LogP contribution >= 0.6 is 11.3 Å². The third-order valence-corrected chi connectivity index (χ3v) is 7.15. The third-order valence-electron chi connectivity index (χ3n) is 6.28. The number of para-hydroxylation sites is 2. The number of hydrogen-bond acceptors (Lipinski definition) is 7. The van der Waals surface area contributed by atoms with Crippen molar-refractivity contribution < 1.29 is 23.9 Å². The Hall–Kier alpha value is -4.05. The molecule has 0 saturated carbocycles. The number of esters is 1. The molecule has 0 bridgehead atoms. The Kier molecular flexibility index (Phi) is 5.60. The van der Waals surface area contributed by atoms with Gasteiger partial charge in [-0.3, -0.25) is 24.2 Å². The van der Waals surface area contributed by atoms with E-state index in [9.17, 15) is 19.2 Å². The molecular weight excluding hydrogens is 468 g/mol. The van der Waals surface area contributed by atoms with Crippen LogP contribution in [0.15, 0.2) is 60.0 Å². The molecule has 0 N–H and O–H groups in total. The highest BCUT2D eigenvalue weighted by molar-refractivity contribution is 7.14. The van der Waals surface area contributed by atoms with Crippen molar-refractivity contribution >= 4 is 51.5 Å². The maximum atomic E-state index is 13.5. The molecule has 1 atom stereocenters. The second-order valence-electron chi connectivity index (χ2n) is 8.31. The molecular formula is C25H22N4O5S. The van der Waals surface area contributed by atoms with Crippen LogP contribution in [-0.2, 0) is 25.7 Å². The van der Waals surface area contributed by atoms with Gasteiger partial charge in [-0.2, -0.15) is 0 Å². The molecule has 1 unspecified atom stereocenters. The lowest BCUT2D eigenvalue weighted by Gasteiger charge is -2.46. The monoisotopic (exact) mass is 490 g/mol. The number of ether oxygens (including phenoxy) is 1. The molecule has 2 aliphatic heterocycles. The fourth-order valence-corrected chi connectivity index (χ4v) is 5.49. The first-order chi connectivity index (χ1) is 16.8. The van der Waals surface area contributed by atoms with Gasteiger partial charge in [-0.05, 0) is 24.3 Å². The second-order valence-corrected chi connectivity index (χ2v) is 9.15. The third kappa shape index (κ3) is 3.57. The summed E-state index contributed by atoms with van der Waals surface area (Å²) in [4.78, 5) is 60.2. The zero-order valence-electron chi connectivity index (χ0n) is 19.1. The number of likely N-dealkylation sites (N-methyl/N-ethyl adjacent to an activating group) is 1. The number of thiazole rings is 1. The molecule has 0 radical (unpaired) electrons. The van der Waals surface area contributed by atoms with E-state index in [1.165, 1.54) is 40.0 Å². The standard InChI is InChI=1S/C25H22N4O5S/c1-16(30)28(18-8-4-3-5-9-18)24-26-17(15-35-24)14-34-23(33)25-13-12-21(31)29(25)20-11-7-6-10-19(20)22(32)27(25)2/h3-11,15H,12-14H2,1-2H3. The number of anilines is 3. The quantitative estimate of drug-likeness (QED) is 0.508. The maximum absolute atomic E-state index is 13.5. The van der Waals surface area contributed by atoms with Gasteiger partial charge in [-0.25, -0.2) is 9.78 Å². The van der Waals surface area contributed by atoms with Gasteiger partial charge in [0.2, 0.25) is 17.5 Å². The molecule has 2 aromatic carbocycles. The Labute approximate surface area is 205 Å². The van der Waals surface area contributed by atoms with E-state index >= 15 is 0 Å². The number of aromatic nitrogens is 1. The van der Waals surface area contributed by atoms with E-state index in [2.05, 4.69) is 4.98 Å². The Morgan fingerprint density at radius 1 is 1.11 bits per heavy atom. The Balaban J connectivity index is 1.39. The largest absolute Gasteiger partial charge is 0.456 e. The molecule has 35 heavy (non-hydrogen) atoms. The SMILES string of the molecule is CC(=O)N(c1ccccc1)c1nc(COC(=O)C23CCC(=O)N2c2ccccc2C(=O)N3C)cs1. The first-order valence-corrected chi connectivity index (χ1v) is 11.9. The summed E-state index contributed by atoms with van der Waals surface area (Å²) in [5.41, 5.74) is 0.363. The number of fused-ring (bicyclic) bond motifs is 3. The smallest absolute Gasteiger partial charge is 0.354 e. The first kappa shape index (κ1) is 22.7. The molecule has 3 heterocycles. The molecule has 3 amide bonds. The molecule has 9 nitrogen and oxygen atoms in total. The van der Waals surface area contributed by atoms with Gasteiger partial charge in [0.1, 0.15) is 6.61 Å². The van der Waals surface area contributed by atoms with Crippen LogP contribution in [0.1, 0.15) is 35.8 Å². The van der Waals surface area contributed by atoms with Crippen molar-refractivity contribution in [3.63, 3.8) is 0 Å². The molecule has 10 heteroatoms. The van der Waals surface area contributed by atoms with Gasteiger partial charge < -0.3 is 9.64 Å². The summed E-state index contributed by atoms with van der Waals surface area (Å²) in [6.45, 7) is 1.29. The molecule has 1 saturated heterocycles. The van der Waals surface area contributed by atoms with Crippen LogP contribution < -0.4 is 9.80 Å². The lowest BCUT2D eigenvalue weighted by Crippen LogP contribution is -2.67. The van der Waals surface area contributed by atoms with E-state index in [4.69, 9.17) is 4.74 Å². The van der Waals surface area contributed by atoms with Crippen LogP contribution in [0.25, 0.3) is 0 Å². The minimum absolute atomic E-state index is 0.118. The predicted molar refractivity (Wildman–Crippen MR) is 129 cm³/mol. The molecule has 3 aromatic rings. The van der Waals surface area contributed by atoms with Gasteiger partial charge in [-0.1, -0.05) is 30.3 Å². The van der Waals surface area contributed by atoms with Crippen LogP contribution in [0.5, 0.6) is 0 Å². The fraction of sp³-hybridized carbons (Fsp3) is 0.240. The van der Waals surface area contributed by atoms with Gasteiger partial charge in [0.25, 0.3) is 5.91 Å². The number of benzene rings is 2. The predicted octanol–water partition coefficient (Wildman–Crippen LogP) is 3.48. The average Bonchev–Trinajstić information content (AvgIpc) is 3.47. The summed E-state index contributed by atoms with van der Waals surface area (Å²) < 4.78 is 5.63. The zero-order valence-corrected chi connectivity index (χ0v) is 19.9. The summed E-state index contributed by atoms with van der Waals surface area (Å²) in [7, 11) is 1.51. The summed E-state index contributed by atoms with van der Waals surface area (Å²) in [5, 5.41) is 2.16. The van der Waals surface area contributed by atoms with Crippen molar-refractivity contribution in [1.82, 2.24) is 9.88 Å². The highest BCUT2D eigenvalue weighted by Gasteiger charge is 2.60. The number of carbonyl (C=O) groups is 4. The lowest BCUT2D eigenvalue weighted by atomic mass is 9.97. The zero-order chi connectivity index (χ0) is 24.7. The molecule has 0 spiro atoms. The topological polar surface area (TPSA) is 100 Å². The lowest BCUT2D eigenvalue weighted by molar-refractivity contribution is -0.158. The van der Waals surface area contributed by atoms with Gasteiger partial charge in [0, 0.05) is 32.2 Å². The average molecular weight is 491 g/mol. The summed E-state index contributed by atoms with van der Waals surface area (Å²) >= 11 is 1.25. The maximum Gasteiger partial charge on any atom is 0.354 e. The van der Waals surface area contributed by atoms with E-state index in [0.717, 1.165) is 0 Å². The van der Waals surface area contributed by atoms with Crippen LogP contribution in [0, 0.1) is 0 Å². The van der Waals surface area contributed by atoms with Crippen LogP contribution in [0.2, 0.25) is 0 Å². The normalized spacial score (nSPS) is 18.8. The van der Waals surface area contributed by atoms with Gasteiger partial charge in [-0.15, -0.1) is 11.3 Å². The van der Waals surface area contributed by atoms with E-state index in [1.54, 1.807) is 41.8 Å². The molecule has 1 fully saturated rings. The number of rotatable bonds is 5. The van der Waals surface area contributed by atoms with Crippen molar-refractivity contribution in [2.75, 3.05) is 16.8 Å². The van der Waals surface area contributed by atoms with Crippen LogP contribution in [-0.4, -0.2) is 46.3 Å². The van der Waals surface area contributed by atoms with Crippen molar-refractivity contribution in [3.05, 3.63) is 71.2 Å². The summed E-state index contributed by atoms with van der Waals surface area (Å²) in [6, 6.07) is 15.9. The number of hydrogen-bond donors (Lipinski definition) is 0. The van der Waals surface area contributed by atoms with E-state index in [-0.39, 0.29) is 37.2 Å². The highest BCUT2D eigenvalue weighted by Crippen LogP contribution is 2.44. The van der Waals surface area contributed by atoms with E-state index in [0.29, 0.717) is 27.8 Å². The van der Waals surface area contributed by atoms with Gasteiger partial charge in [0.05, 0.1) is 22.6 Å².